The Morgan fingerprint density at radius 2 is 1.96 bits per heavy atom. The minimum atomic E-state index is -4.74. The lowest BCUT2D eigenvalue weighted by Crippen LogP contribution is -2.18. The first-order chi connectivity index (χ1) is 11.8. The van der Waals surface area contributed by atoms with Crippen molar-refractivity contribution in [2.24, 2.45) is 0 Å². The highest BCUT2D eigenvalue weighted by Crippen LogP contribution is 2.28. The zero-order chi connectivity index (χ0) is 18.2. The number of hydrogen-bond acceptors (Lipinski definition) is 6. The third-order valence-corrected chi connectivity index (χ3v) is 3.36. The number of H-pyrrole nitrogens is 1. The molecule has 0 aliphatic heterocycles. The van der Waals surface area contributed by atoms with Gasteiger partial charge in [-0.15, -0.1) is 0 Å². The third kappa shape index (κ3) is 3.37. The van der Waals surface area contributed by atoms with Crippen LogP contribution in [0, 0.1) is 6.92 Å². The number of methoxy groups -OCH3 is 1. The SMILES string of the molecule is COc1cccc2c(C)nc(Nc3nc(C(F)(F)F)cc(=O)[nH]3)nc12. The van der Waals surface area contributed by atoms with Crippen LogP contribution in [0.4, 0.5) is 25.1 Å². The highest BCUT2D eigenvalue weighted by atomic mass is 19.4. The van der Waals surface area contributed by atoms with E-state index in [1.54, 1.807) is 25.1 Å². The number of ether oxygens (including phenoxy) is 1. The second-order valence-corrected chi connectivity index (χ2v) is 5.09. The summed E-state index contributed by atoms with van der Waals surface area (Å²) in [6.45, 7) is 1.72. The number of nitrogens with one attached hydrogen (secondary N) is 2. The molecule has 0 amide bonds. The summed E-state index contributed by atoms with van der Waals surface area (Å²) in [6, 6.07) is 5.64. The van der Waals surface area contributed by atoms with E-state index >= 15 is 0 Å². The molecule has 130 valence electrons. The molecule has 7 nitrogen and oxygen atoms in total. The van der Waals surface area contributed by atoms with E-state index in [0.717, 1.165) is 5.39 Å². The number of halogens is 3. The molecule has 0 aliphatic carbocycles. The summed E-state index contributed by atoms with van der Waals surface area (Å²) in [4.78, 5) is 25.4. The van der Waals surface area contributed by atoms with Gasteiger partial charge in [0.15, 0.2) is 5.69 Å². The molecule has 0 spiro atoms. The van der Waals surface area contributed by atoms with E-state index in [0.29, 0.717) is 23.0 Å². The first-order valence-electron chi connectivity index (χ1n) is 7.05. The van der Waals surface area contributed by atoms with Gasteiger partial charge in [-0.25, -0.2) is 15.0 Å². The molecule has 2 N–H and O–H groups in total. The van der Waals surface area contributed by atoms with Crippen molar-refractivity contribution < 1.29 is 17.9 Å². The Bertz CT molecular complexity index is 1000. The molecule has 3 rings (SSSR count). The topological polar surface area (TPSA) is 92.8 Å². The number of rotatable bonds is 3. The van der Waals surface area contributed by atoms with Gasteiger partial charge in [-0.3, -0.25) is 15.1 Å². The zero-order valence-corrected chi connectivity index (χ0v) is 13.1. The molecule has 10 heteroatoms. The highest BCUT2D eigenvalue weighted by molar-refractivity contribution is 5.87. The Kier molecular flexibility index (Phi) is 4.03. The normalized spacial score (nSPS) is 11.6. The molecule has 2 aromatic heterocycles. The second kappa shape index (κ2) is 6.04. The van der Waals surface area contributed by atoms with Gasteiger partial charge in [0.2, 0.25) is 11.9 Å². The summed E-state index contributed by atoms with van der Waals surface area (Å²) in [5.41, 5.74) is -1.19. The van der Waals surface area contributed by atoms with E-state index in [9.17, 15) is 18.0 Å². The number of aromatic nitrogens is 4. The number of anilines is 2. The minimum Gasteiger partial charge on any atom is -0.494 e. The molecule has 3 aromatic rings. The van der Waals surface area contributed by atoms with Gasteiger partial charge in [0.05, 0.1) is 12.8 Å². The predicted octanol–water partition coefficient (Wildman–Crippen LogP) is 2.79. The number of para-hydroxylation sites is 1. The van der Waals surface area contributed by atoms with Gasteiger partial charge in [-0.05, 0) is 13.0 Å². The summed E-state index contributed by atoms with van der Waals surface area (Å²) in [5.74, 6) is 0.0574. The van der Waals surface area contributed by atoms with Gasteiger partial charge in [-0.1, -0.05) is 12.1 Å². The highest BCUT2D eigenvalue weighted by Gasteiger charge is 2.33. The molecule has 0 bridgehead atoms. The van der Waals surface area contributed by atoms with Crippen molar-refractivity contribution in [1.82, 2.24) is 19.9 Å². The van der Waals surface area contributed by atoms with Crippen molar-refractivity contribution in [3.05, 3.63) is 46.0 Å². The first-order valence-corrected chi connectivity index (χ1v) is 7.05. The van der Waals surface area contributed by atoms with Crippen molar-refractivity contribution in [1.29, 1.82) is 0 Å². The number of aryl methyl sites for hydroxylation is 1. The fourth-order valence-electron chi connectivity index (χ4n) is 2.27. The van der Waals surface area contributed by atoms with Gasteiger partial charge in [0.1, 0.15) is 11.3 Å². The van der Waals surface area contributed by atoms with E-state index in [-0.39, 0.29) is 5.95 Å². The molecule has 1 aromatic carbocycles. The Hall–Kier alpha value is -3.17. The van der Waals surface area contributed by atoms with E-state index in [1.165, 1.54) is 7.11 Å². The van der Waals surface area contributed by atoms with E-state index in [4.69, 9.17) is 4.74 Å². The molecule has 25 heavy (non-hydrogen) atoms. The molecule has 0 radical (unpaired) electrons. The van der Waals surface area contributed by atoms with Crippen LogP contribution in [-0.4, -0.2) is 27.0 Å². The second-order valence-electron chi connectivity index (χ2n) is 5.09. The van der Waals surface area contributed by atoms with Crippen LogP contribution in [0.1, 0.15) is 11.4 Å². The fraction of sp³-hybridized carbons (Fsp3) is 0.200. The van der Waals surface area contributed by atoms with Crippen LogP contribution in [-0.2, 0) is 6.18 Å². The number of alkyl halides is 3. The standard InChI is InChI=1S/C15H12F3N5O2/c1-7-8-4-3-5-9(25-2)12(8)22-13(19-7)23-14-20-10(15(16,17)18)6-11(24)21-14/h3-6H,1-2H3,(H2,19,20,21,22,23,24). The lowest BCUT2D eigenvalue weighted by atomic mass is 10.2. The van der Waals surface area contributed by atoms with Crippen molar-refractivity contribution >= 4 is 22.8 Å². The Balaban J connectivity index is 2.07. The summed E-state index contributed by atoms with van der Waals surface area (Å²) in [6.07, 6.45) is -4.74. The van der Waals surface area contributed by atoms with Crippen LogP contribution in [0.2, 0.25) is 0 Å². The molecule has 2 heterocycles. The number of aromatic amines is 1. The largest absolute Gasteiger partial charge is 0.494 e. The van der Waals surface area contributed by atoms with Gasteiger partial charge in [-0.2, -0.15) is 13.2 Å². The van der Waals surface area contributed by atoms with E-state index in [1.807, 2.05) is 0 Å². The van der Waals surface area contributed by atoms with Gasteiger partial charge in [0, 0.05) is 11.5 Å². The molecular formula is C15H12F3N5O2. The van der Waals surface area contributed by atoms with Crippen molar-refractivity contribution in [2.45, 2.75) is 13.1 Å². The molecule has 0 aliphatic rings. The van der Waals surface area contributed by atoms with Crippen molar-refractivity contribution in [3.63, 3.8) is 0 Å². The predicted molar refractivity (Wildman–Crippen MR) is 84.0 cm³/mol. The minimum absolute atomic E-state index is 0.0167. The van der Waals surface area contributed by atoms with Crippen LogP contribution >= 0.6 is 0 Å². The van der Waals surface area contributed by atoms with Crippen LogP contribution in [0.5, 0.6) is 5.75 Å². The maximum absolute atomic E-state index is 12.8. The third-order valence-electron chi connectivity index (χ3n) is 3.36. The summed E-state index contributed by atoms with van der Waals surface area (Å²) in [7, 11) is 1.48. The number of fused-ring (bicyclic) bond motifs is 1. The maximum atomic E-state index is 12.8. The summed E-state index contributed by atoms with van der Waals surface area (Å²) < 4.78 is 43.5. The van der Waals surface area contributed by atoms with Crippen LogP contribution in [0.3, 0.4) is 0 Å². The number of benzene rings is 1. The van der Waals surface area contributed by atoms with E-state index < -0.39 is 23.4 Å². The monoisotopic (exact) mass is 351 g/mol. The number of nitrogens with zero attached hydrogens (tertiary/aromatic N) is 3. The lowest BCUT2D eigenvalue weighted by molar-refractivity contribution is -0.141. The fourth-order valence-corrected chi connectivity index (χ4v) is 2.27. The molecule has 0 atom stereocenters. The Morgan fingerprint density at radius 1 is 1.20 bits per heavy atom. The molecule has 0 fully saturated rings. The zero-order valence-electron chi connectivity index (χ0n) is 13.1. The average molecular weight is 351 g/mol. The maximum Gasteiger partial charge on any atom is 0.433 e. The van der Waals surface area contributed by atoms with Crippen molar-refractivity contribution in [3.8, 4) is 5.75 Å². The first kappa shape index (κ1) is 16.7. The van der Waals surface area contributed by atoms with Crippen LogP contribution in [0.15, 0.2) is 29.1 Å². The molecule has 0 saturated carbocycles. The molecule has 0 saturated heterocycles. The Labute approximate surface area is 138 Å². The van der Waals surface area contributed by atoms with Crippen molar-refractivity contribution in [2.75, 3.05) is 12.4 Å². The molecular weight excluding hydrogens is 339 g/mol. The number of hydrogen-bond donors (Lipinski definition) is 2. The quantitative estimate of drug-likeness (QED) is 0.754. The molecule has 0 unspecified atom stereocenters. The van der Waals surface area contributed by atoms with Gasteiger partial charge < -0.3 is 4.74 Å². The lowest BCUT2D eigenvalue weighted by Gasteiger charge is -2.11. The van der Waals surface area contributed by atoms with Crippen LogP contribution in [0.25, 0.3) is 10.9 Å². The smallest absolute Gasteiger partial charge is 0.433 e. The van der Waals surface area contributed by atoms with Crippen LogP contribution < -0.4 is 15.6 Å². The van der Waals surface area contributed by atoms with Gasteiger partial charge >= 0.3 is 6.18 Å². The van der Waals surface area contributed by atoms with E-state index in [2.05, 4.69) is 25.3 Å². The average Bonchev–Trinajstić information content (AvgIpc) is 2.53. The summed E-state index contributed by atoms with van der Waals surface area (Å²) >= 11 is 0. The summed E-state index contributed by atoms with van der Waals surface area (Å²) in [5, 5.41) is 3.23. The van der Waals surface area contributed by atoms with Gasteiger partial charge in [0.25, 0.3) is 5.56 Å². The Morgan fingerprint density at radius 3 is 2.64 bits per heavy atom.